The fourth-order valence-electron chi connectivity index (χ4n) is 2.26. The Morgan fingerprint density at radius 1 is 1.50 bits per heavy atom. The molecule has 5 heteroatoms. The summed E-state index contributed by atoms with van der Waals surface area (Å²) in [6, 6.07) is 1.91. The van der Waals surface area contributed by atoms with Gasteiger partial charge >= 0.3 is 0 Å². The van der Waals surface area contributed by atoms with Gasteiger partial charge in [-0.1, -0.05) is 20.8 Å². The van der Waals surface area contributed by atoms with Crippen LogP contribution in [0, 0.1) is 5.41 Å². The van der Waals surface area contributed by atoms with Crippen LogP contribution in [0.1, 0.15) is 39.3 Å². The van der Waals surface area contributed by atoms with Crippen LogP contribution in [0.15, 0.2) is 6.07 Å². The monoisotopic (exact) mass is 277 g/mol. The lowest BCUT2D eigenvalue weighted by Gasteiger charge is -2.21. The van der Waals surface area contributed by atoms with E-state index in [-0.39, 0.29) is 11.3 Å². The van der Waals surface area contributed by atoms with Gasteiger partial charge in [0, 0.05) is 19.0 Å². The molecule has 1 aliphatic heterocycles. The molecule has 0 bridgehead atoms. The molecule has 0 saturated heterocycles. The van der Waals surface area contributed by atoms with Crippen molar-refractivity contribution < 1.29 is 9.53 Å². The van der Waals surface area contributed by atoms with E-state index < -0.39 is 0 Å². The standard InChI is InChI=1S/C15H23N3O2/c1-15(2,3)9-13(19)18-14-12(20-4)8-11-10(17-14)6-5-7-16-11/h8,16H,5-7,9H2,1-4H3,(H,17,18,19). The maximum Gasteiger partial charge on any atom is 0.226 e. The lowest BCUT2D eigenvalue weighted by Crippen LogP contribution is -2.21. The van der Waals surface area contributed by atoms with Gasteiger partial charge in [-0.2, -0.15) is 0 Å². The number of carbonyl (C=O) groups is 1. The molecule has 0 spiro atoms. The molecule has 2 rings (SSSR count). The number of aromatic nitrogens is 1. The minimum Gasteiger partial charge on any atom is -0.493 e. The Hall–Kier alpha value is -1.78. The summed E-state index contributed by atoms with van der Waals surface area (Å²) >= 11 is 0. The summed E-state index contributed by atoms with van der Waals surface area (Å²) < 4.78 is 5.33. The van der Waals surface area contributed by atoms with Crippen LogP contribution >= 0.6 is 0 Å². The van der Waals surface area contributed by atoms with E-state index in [0.29, 0.717) is 18.0 Å². The Balaban J connectivity index is 2.20. The molecule has 1 aliphatic rings. The molecular formula is C15H23N3O2. The Labute approximate surface area is 120 Å². The highest BCUT2D eigenvalue weighted by molar-refractivity contribution is 5.91. The summed E-state index contributed by atoms with van der Waals surface area (Å²) in [7, 11) is 1.59. The summed E-state index contributed by atoms with van der Waals surface area (Å²) in [5.41, 5.74) is 1.94. The van der Waals surface area contributed by atoms with Crippen LogP contribution in [-0.4, -0.2) is 24.5 Å². The van der Waals surface area contributed by atoms with Gasteiger partial charge in [0.05, 0.1) is 18.5 Å². The normalized spacial score (nSPS) is 14.2. The molecule has 2 heterocycles. The average Bonchev–Trinajstić information content (AvgIpc) is 2.35. The van der Waals surface area contributed by atoms with Gasteiger partial charge in [-0.05, 0) is 18.3 Å². The number of fused-ring (bicyclic) bond motifs is 1. The van der Waals surface area contributed by atoms with E-state index in [2.05, 4.69) is 15.6 Å². The maximum absolute atomic E-state index is 12.0. The van der Waals surface area contributed by atoms with Gasteiger partial charge < -0.3 is 15.4 Å². The fraction of sp³-hybridized carbons (Fsp3) is 0.600. The largest absolute Gasteiger partial charge is 0.493 e. The van der Waals surface area contributed by atoms with Gasteiger partial charge in [-0.25, -0.2) is 4.98 Å². The highest BCUT2D eigenvalue weighted by atomic mass is 16.5. The Morgan fingerprint density at radius 2 is 2.25 bits per heavy atom. The highest BCUT2D eigenvalue weighted by Crippen LogP contribution is 2.31. The molecule has 5 nitrogen and oxygen atoms in total. The second kappa shape index (κ2) is 5.69. The van der Waals surface area contributed by atoms with Gasteiger partial charge in [0.15, 0.2) is 11.6 Å². The summed E-state index contributed by atoms with van der Waals surface area (Å²) in [6.45, 7) is 7.06. The smallest absolute Gasteiger partial charge is 0.226 e. The van der Waals surface area contributed by atoms with Crippen molar-refractivity contribution in [2.24, 2.45) is 5.41 Å². The summed E-state index contributed by atoms with van der Waals surface area (Å²) in [5, 5.41) is 6.17. The number of carbonyl (C=O) groups excluding carboxylic acids is 1. The molecule has 2 N–H and O–H groups in total. The number of nitrogens with one attached hydrogen (secondary N) is 2. The van der Waals surface area contributed by atoms with Crippen LogP contribution in [0.25, 0.3) is 0 Å². The van der Waals surface area contributed by atoms with Crippen molar-refractivity contribution in [3.05, 3.63) is 11.8 Å². The first-order valence-electron chi connectivity index (χ1n) is 7.01. The second-order valence-electron chi connectivity index (χ2n) is 6.35. The van der Waals surface area contributed by atoms with Gasteiger partial charge in [-0.15, -0.1) is 0 Å². The first-order chi connectivity index (χ1) is 9.39. The van der Waals surface area contributed by atoms with Crippen LogP contribution in [0.3, 0.4) is 0 Å². The number of ether oxygens (including phenoxy) is 1. The topological polar surface area (TPSA) is 63.2 Å². The van der Waals surface area contributed by atoms with Crippen molar-refractivity contribution in [1.29, 1.82) is 0 Å². The van der Waals surface area contributed by atoms with Crippen molar-refractivity contribution in [3.8, 4) is 5.75 Å². The molecule has 1 amide bonds. The zero-order valence-corrected chi connectivity index (χ0v) is 12.7. The number of aryl methyl sites for hydroxylation is 1. The van der Waals surface area contributed by atoms with Gasteiger partial charge in [0.25, 0.3) is 0 Å². The number of hydrogen-bond acceptors (Lipinski definition) is 4. The van der Waals surface area contributed by atoms with E-state index in [1.165, 1.54) is 0 Å². The number of methoxy groups -OCH3 is 1. The molecule has 1 aromatic rings. The van der Waals surface area contributed by atoms with Crippen molar-refractivity contribution in [2.75, 3.05) is 24.3 Å². The minimum atomic E-state index is -0.0485. The van der Waals surface area contributed by atoms with E-state index in [9.17, 15) is 4.79 Å². The molecule has 0 saturated carbocycles. The lowest BCUT2D eigenvalue weighted by molar-refractivity contribution is -0.117. The van der Waals surface area contributed by atoms with Gasteiger partial charge in [0.2, 0.25) is 5.91 Å². The fourth-order valence-corrected chi connectivity index (χ4v) is 2.26. The minimum absolute atomic E-state index is 0.0352. The van der Waals surface area contributed by atoms with Crippen molar-refractivity contribution in [1.82, 2.24) is 4.98 Å². The SMILES string of the molecule is COc1cc2c(nc1NC(=O)CC(C)(C)C)CCCN2. The zero-order valence-electron chi connectivity index (χ0n) is 12.7. The van der Waals surface area contributed by atoms with Crippen LogP contribution < -0.4 is 15.4 Å². The van der Waals surface area contributed by atoms with E-state index in [0.717, 1.165) is 30.8 Å². The Bertz CT molecular complexity index is 507. The maximum atomic E-state index is 12.0. The molecule has 0 aliphatic carbocycles. The third-order valence-corrected chi connectivity index (χ3v) is 3.14. The number of hydrogen-bond donors (Lipinski definition) is 2. The lowest BCUT2D eigenvalue weighted by atomic mass is 9.92. The molecule has 110 valence electrons. The number of nitrogens with zero attached hydrogens (tertiary/aromatic N) is 1. The van der Waals surface area contributed by atoms with E-state index in [1.54, 1.807) is 7.11 Å². The van der Waals surface area contributed by atoms with Crippen LogP contribution in [-0.2, 0) is 11.2 Å². The van der Waals surface area contributed by atoms with Gasteiger partial charge in [0.1, 0.15) is 0 Å². The van der Waals surface area contributed by atoms with Crippen molar-refractivity contribution in [3.63, 3.8) is 0 Å². The molecule has 1 aromatic heterocycles. The predicted molar refractivity (Wildman–Crippen MR) is 80.3 cm³/mol. The van der Waals surface area contributed by atoms with E-state index in [1.807, 2.05) is 26.8 Å². The van der Waals surface area contributed by atoms with E-state index >= 15 is 0 Å². The van der Waals surface area contributed by atoms with Crippen molar-refractivity contribution >= 4 is 17.4 Å². The zero-order chi connectivity index (χ0) is 14.8. The quantitative estimate of drug-likeness (QED) is 0.891. The highest BCUT2D eigenvalue weighted by Gasteiger charge is 2.20. The number of amides is 1. The molecule has 0 fully saturated rings. The molecular weight excluding hydrogens is 254 g/mol. The number of rotatable bonds is 3. The van der Waals surface area contributed by atoms with E-state index in [4.69, 9.17) is 4.74 Å². The Morgan fingerprint density at radius 3 is 2.90 bits per heavy atom. The predicted octanol–water partition coefficient (Wildman–Crippen LogP) is 2.82. The van der Waals surface area contributed by atoms with Crippen molar-refractivity contribution in [2.45, 2.75) is 40.0 Å². The van der Waals surface area contributed by atoms with Crippen LogP contribution in [0.5, 0.6) is 5.75 Å². The molecule has 0 atom stereocenters. The first-order valence-corrected chi connectivity index (χ1v) is 7.01. The third kappa shape index (κ3) is 3.62. The summed E-state index contributed by atoms with van der Waals surface area (Å²) in [4.78, 5) is 16.6. The Kier molecular flexibility index (Phi) is 4.16. The molecule has 0 radical (unpaired) electrons. The second-order valence-corrected chi connectivity index (χ2v) is 6.35. The summed E-state index contributed by atoms with van der Waals surface area (Å²) in [5.74, 6) is 1.08. The first kappa shape index (κ1) is 14.6. The number of anilines is 2. The molecule has 0 aromatic carbocycles. The average molecular weight is 277 g/mol. The van der Waals surface area contributed by atoms with Crippen LogP contribution in [0.2, 0.25) is 0 Å². The number of pyridine rings is 1. The van der Waals surface area contributed by atoms with Gasteiger partial charge in [-0.3, -0.25) is 4.79 Å². The molecule has 20 heavy (non-hydrogen) atoms. The summed E-state index contributed by atoms with van der Waals surface area (Å²) in [6.07, 6.45) is 2.43. The third-order valence-electron chi connectivity index (χ3n) is 3.14. The molecule has 0 unspecified atom stereocenters. The van der Waals surface area contributed by atoms with Crippen LogP contribution in [0.4, 0.5) is 11.5 Å².